The smallest absolute Gasteiger partial charge is 0.119 e. The highest BCUT2D eigenvalue weighted by Crippen LogP contribution is 2.45. The fourth-order valence-corrected chi connectivity index (χ4v) is 4.05. The minimum Gasteiger partial charge on any atom is -0.497 e. The van der Waals surface area contributed by atoms with E-state index in [1.807, 2.05) is 6.07 Å². The summed E-state index contributed by atoms with van der Waals surface area (Å²) in [6, 6.07) is 9.09. The summed E-state index contributed by atoms with van der Waals surface area (Å²) in [6.45, 7) is 2.96. The second-order valence-corrected chi connectivity index (χ2v) is 6.48. The predicted molar refractivity (Wildman–Crippen MR) is 84.8 cm³/mol. The van der Waals surface area contributed by atoms with E-state index in [0.717, 1.165) is 31.9 Å². The van der Waals surface area contributed by atoms with Crippen LogP contribution in [-0.2, 0) is 11.2 Å². The quantitative estimate of drug-likeness (QED) is 0.903. The molecule has 0 amide bonds. The molecule has 1 aliphatic heterocycles. The number of hydrogen-bond donors (Lipinski definition) is 1. The van der Waals surface area contributed by atoms with Crippen LogP contribution in [-0.4, -0.2) is 32.9 Å². The molecule has 3 nitrogen and oxygen atoms in total. The molecule has 3 rings (SSSR count). The number of ether oxygens (including phenoxy) is 2. The highest BCUT2D eigenvalue weighted by molar-refractivity contribution is 5.28. The molecule has 116 valence electrons. The van der Waals surface area contributed by atoms with Gasteiger partial charge in [0.05, 0.1) is 7.11 Å². The lowest BCUT2D eigenvalue weighted by molar-refractivity contribution is 0.00456. The van der Waals surface area contributed by atoms with E-state index in [-0.39, 0.29) is 0 Å². The lowest BCUT2D eigenvalue weighted by Gasteiger charge is -2.39. The van der Waals surface area contributed by atoms with Crippen molar-refractivity contribution in [2.75, 3.05) is 26.9 Å². The van der Waals surface area contributed by atoms with Gasteiger partial charge in [0.25, 0.3) is 0 Å². The first-order valence-corrected chi connectivity index (χ1v) is 8.26. The highest BCUT2D eigenvalue weighted by atomic mass is 16.5. The third kappa shape index (κ3) is 3.41. The summed E-state index contributed by atoms with van der Waals surface area (Å²) in [5, 5.41) is 3.83. The van der Waals surface area contributed by atoms with Crippen molar-refractivity contribution in [1.29, 1.82) is 0 Å². The van der Waals surface area contributed by atoms with Crippen LogP contribution in [0.25, 0.3) is 0 Å². The van der Waals surface area contributed by atoms with Gasteiger partial charge >= 0.3 is 0 Å². The van der Waals surface area contributed by atoms with Crippen molar-refractivity contribution >= 4 is 0 Å². The molecule has 0 bridgehead atoms. The Kier molecular flexibility index (Phi) is 4.81. The van der Waals surface area contributed by atoms with Crippen LogP contribution >= 0.6 is 0 Å². The Hall–Kier alpha value is -1.06. The van der Waals surface area contributed by atoms with Crippen LogP contribution in [0.3, 0.4) is 0 Å². The van der Waals surface area contributed by atoms with E-state index in [1.165, 1.54) is 37.7 Å². The Morgan fingerprint density at radius 3 is 2.95 bits per heavy atom. The maximum Gasteiger partial charge on any atom is 0.119 e. The number of benzene rings is 1. The van der Waals surface area contributed by atoms with Crippen molar-refractivity contribution in [3.8, 4) is 5.75 Å². The average Bonchev–Trinajstić information content (AvgIpc) is 2.90. The maximum absolute atomic E-state index is 5.56. The Bertz CT molecular complexity index is 454. The fraction of sp³-hybridized carbons (Fsp3) is 0.667. The standard InChI is InChI=1S/C18H27NO2/c1-20-16-5-2-4-15(14-16)7-11-19-17-6-3-8-18(17)9-12-21-13-10-18/h2,4-5,14,17,19H,3,6-13H2,1H3/t17-/m0/s1. The molecular weight excluding hydrogens is 262 g/mol. The molecule has 0 radical (unpaired) electrons. The summed E-state index contributed by atoms with van der Waals surface area (Å²) in [5.74, 6) is 0.953. The fourth-order valence-electron chi connectivity index (χ4n) is 4.05. The van der Waals surface area contributed by atoms with Crippen molar-refractivity contribution in [2.45, 2.75) is 44.6 Å². The summed E-state index contributed by atoms with van der Waals surface area (Å²) < 4.78 is 10.9. The zero-order valence-corrected chi connectivity index (χ0v) is 13.1. The molecule has 1 spiro atoms. The number of hydrogen-bond acceptors (Lipinski definition) is 3. The summed E-state index contributed by atoms with van der Waals surface area (Å²) >= 11 is 0. The van der Waals surface area contributed by atoms with Gasteiger partial charge in [-0.1, -0.05) is 18.6 Å². The second-order valence-electron chi connectivity index (χ2n) is 6.48. The first-order valence-electron chi connectivity index (χ1n) is 8.26. The van der Waals surface area contributed by atoms with Crippen LogP contribution in [0.4, 0.5) is 0 Å². The topological polar surface area (TPSA) is 30.5 Å². The Morgan fingerprint density at radius 1 is 1.29 bits per heavy atom. The van der Waals surface area contributed by atoms with E-state index >= 15 is 0 Å². The van der Waals surface area contributed by atoms with E-state index in [2.05, 4.69) is 23.5 Å². The molecule has 1 aromatic carbocycles. The molecule has 0 aromatic heterocycles. The van der Waals surface area contributed by atoms with E-state index in [4.69, 9.17) is 9.47 Å². The van der Waals surface area contributed by atoms with Gasteiger partial charge in [-0.25, -0.2) is 0 Å². The largest absolute Gasteiger partial charge is 0.497 e. The molecule has 1 aromatic rings. The molecular formula is C18H27NO2. The molecule has 3 heteroatoms. The molecule has 1 aliphatic carbocycles. The molecule has 1 heterocycles. The van der Waals surface area contributed by atoms with Gasteiger partial charge in [-0.15, -0.1) is 0 Å². The first kappa shape index (κ1) is 14.9. The summed E-state index contributed by atoms with van der Waals surface area (Å²) in [7, 11) is 1.73. The van der Waals surface area contributed by atoms with Crippen LogP contribution in [0, 0.1) is 5.41 Å². The van der Waals surface area contributed by atoms with Crippen molar-refractivity contribution in [3.63, 3.8) is 0 Å². The second kappa shape index (κ2) is 6.80. The number of nitrogens with one attached hydrogen (secondary N) is 1. The molecule has 21 heavy (non-hydrogen) atoms. The minimum atomic E-state index is 0.520. The Labute approximate surface area is 128 Å². The highest BCUT2D eigenvalue weighted by Gasteiger charge is 2.43. The van der Waals surface area contributed by atoms with E-state index in [1.54, 1.807) is 7.11 Å². The molecule has 2 aliphatic rings. The SMILES string of the molecule is COc1cccc(CCN[C@H]2CCCC23CCOCC3)c1. The van der Waals surface area contributed by atoms with Gasteiger partial charge in [-0.2, -0.15) is 0 Å². The third-order valence-corrected chi connectivity index (χ3v) is 5.33. The molecule has 1 saturated carbocycles. The molecule has 1 atom stereocenters. The molecule has 2 fully saturated rings. The lowest BCUT2D eigenvalue weighted by Crippen LogP contribution is -2.45. The van der Waals surface area contributed by atoms with Gasteiger partial charge in [0.15, 0.2) is 0 Å². The van der Waals surface area contributed by atoms with Gasteiger partial charge in [-0.05, 0) is 61.8 Å². The minimum absolute atomic E-state index is 0.520. The third-order valence-electron chi connectivity index (χ3n) is 5.33. The molecule has 1 saturated heterocycles. The zero-order valence-electron chi connectivity index (χ0n) is 13.1. The van der Waals surface area contributed by atoms with Crippen LogP contribution in [0.1, 0.15) is 37.7 Å². The average molecular weight is 289 g/mol. The van der Waals surface area contributed by atoms with Gasteiger partial charge < -0.3 is 14.8 Å². The van der Waals surface area contributed by atoms with Gasteiger partial charge in [-0.3, -0.25) is 0 Å². The van der Waals surface area contributed by atoms with Gasteiger partial charge in [0, 0.05) is 19.3 Å². The van der Waals surface area contributed by atoms with Crippen molar-refractivity contribution in [2.24, 2.45) is 5.41 Å². The van der Waals surface area contributed by atoms with Crippen molar-refractivity contribution in [3.05, 3.63) is 29.8 Å². The van der Waals surface area contributed by atoms with E-state index < -0.39 is 0 Å². The van der Waals surface area contributed by atoms with Crippen molar-refractivity contribution in [1.82, 2.24) is 5.32 Å². The lowest BCUT2D eigenvalue weighted by atomic mass is 9.75. The Balaban J connectivity index is 1.52. The predicted octanol–water partition coefficient (Wildman–Crippen LogP) is 3.18. The summed E-state index contributed by atoms with van der Waals surface area (Å²) in [5.41, 5.74) is 1.87. The monoisotopic (exact) mass is 289 g/mol. The van der Waals surface area contributed by atoms with Crippen LogP contribution in [0.2, 0.25) is 0 Å². The normalized spacial score (nSPS) is 24.3. The molecule has 0 unspecified atom stereocenters. The van der Waals surface area contributed by atoms with E-state index in [9.17, 15) is 0 Å². The first-order chi connectivity index (χ1) is 10.3. The van der Waals surface area contributed by atoms with Crippen LogP contribution in [0.15, 0.2) is 24.3 Å². The molecule has 1 N–H and O–H groups in total. The van der Waals surface area contributed by atoms with Crippen LogP contribution < -0.4 is 10.1 Å². The number of rotatable bonds is 5. The van der Waals surface area contributed by atoms with Crippen molar-refractivity contribution < 1.29 is 9.47 Å². The Morgan fingerprint density at radius 2 is 2.14 bits per heavy atom. The zero-order chi connectivity index (χ0) is 14.5. The van der Waals surface area contributed by atoms with Gasteiger partial charge in [0.2, 0.25) is 0 Å². The number of methoxy groups -OCH3 is 1. The van der Waals surface area contributed by atoms with E-state index in [0.29, 0.717) is 11.5 Å². The maximum atomic E-state index is 5.56. The summed E-state index contributed by atoms with van der Waals surface area (Å²) in [4.78, 5) is 0. The van der Waals surface area contributed by atoms with Gasteiger partial charge in [0.1, 0.15) is 5.75 Å². The summed E-state index contributed by atoms with van der Waals surface area (Å²) in [6.07, 6.45) is 7.63. The van der Waals surface area contributed by atoms with Crippen LogP contribution in [0.5, 0.6) is 5.75 Å².